The van der Waals surface area contributed by atoms with Gasteiger partial charge in [0.05, 0.1) is 24.5 Å². The zero-order chi connectivity index (χ0) is 17.1. The number of ether oxygens (including phenoxy) is 1. The number of aromatic nitrogens is 2. The highest BCUT2D eigenvalue weighted by Gasteiger charge is 2.38. The Morgan fingerprint density at radius 1 is 1.15 bits per heavy atom. The predicted molar refractivity (Wildman–Crippen MR) is 99.4 cm³/mol. The van der Waals surface area contributed by atoms with Crippen molar-refractivity contribution in [2.24, 2.45) is 0 Å². The van der Waals surface area contributed by atoms with Gasteiger partial charge in [0.1, 0.15) is 11.4 Å². The highest BCUT2D eigenvalue weighted by Crippen LogP contribution is 2.42. The normalized spacial score (nSPS) is 24.5. The van der Waals surface area contributed by atoms with Gasteiger partial charge in [0.2, 0.25) is 0 Å². The van der Waals surface area contributed by atoms with Gasteiger partial charge in [0, 0.05) is 36.2 Å². The Balaban J connectivity index is 1.46. The molecule has 26 heavy (non-hydrogen) atoms. The van der Waals surface area contributed by atoms with Gasteiger partial charge < -0.3 is 15.4 Å². The molecule has 0 bridgehead atoms. The first kappa shape index (κ1) is 14.1. The Bertz CT molecular complexity index is 1020. The fraction of sp³-hybridized carbons (Fsp3) is 0.238. The van der Waals surface area contributed by atoms with Gasteiger partial charge in [-0.15, -0.1) is 5.10 Å². The Morgan fingerprint density at radius 3 is 3.15 bits per heavy atom. The first-order valence-corrected chi connectivity index (χ1v) is 9.09. The fourth-order valence-corrected chi connectivity index (χ4v) is 4.51. The molecule has 3 aliphatic heterocycles. The molecule has 5 nitrogen and oxygen atoms in total. The molecule has 1 aromatic heterocycles. The first-order valence-electron chi connectivity index (χ1n) is 9.09. The smallest absolute Gasteiger partial charge is 0.122 e. The second-order valence-electron chi connectivity index (χ2n) is 7.15. The SMILES string of the molecule is C1=Cc2ccnnc2C2=C3C1=CNC3C(c1ccc3c(c1)CCO3)CN2. The van der Waals surface area contributed by atoms with Crippen LogP contribution in [0.3, 0.4) is 0 Å². The average molecular weight is 342 g/mol. The molecule has 2 N–H and O–H groups in total. The average Bonchev–Trinajstić information content (AvgIpc) is 3.29. The molecule has 5 heteroatoms. The summed E-state index contributed by atoms with van der Waals surface area (Å²) in [5.74, 6) is 1.40. The molecule has 1 aromatic carbocycles. The van der Waals surface area contributed by atoms with Crippen molar-refractivity contribution in [3.05, 3.63) is 76.3 Å². The van der Waals surface area contributed by atoms with Crippen molar-refractivity contribution in [2.75, 3.05) is 13.2 Å². The molecule has 4 aliphatic rings. The molecule has 1 aliphatic carbocycles. The molecule has 0 spiro atoms. The minimum Gasteiger partial charge on any atom is -0.493 e. The Morgan fingerprint density at radius 2 is 2.15 bits per heavy atom. The molecule has 0 amide bonds. The second kappa shape index (κ2) is 5.21. The second-order valence-corrected chi connectivity index (χ2v) is 7.15. The molecular weight excluding hydrogens is 324 g/mol. The fourth-order valence-electron chi connectivity index (χ4n) is 4.51. The summed E-state index contributed by atoms with van der Waals surface area (Å²) in [6.07, 6.45) is 9.19. The lowest BCUT2D eigenvalue weighted by atomic mass is 9.81. The number of hydrogen-bond donors (Lipinski definition) is 2. The van der Waals surface area contributed by atoms with Crippen LogP contribution >= 0.6 is 0 Å². The maximum atomic E-state index is 5.67. The van der Waals surface area contributed by atoms with Crippen LogP contribution in [0.1, 0.15) is 28.3 Å². The summed E-state index contributed by atoms with van der Waals surface area (Å²) in [7, 11) is 0. The third kappa shape index (κ3) is 1.91. The maximum Gasteiger partial charge on any atom is 0.122 e. The van der Waals surface area contributed by atoms with Gasteiger partial charge in [-0.2, -0.15) is 5.10 Å². The summed E-state index contributed by atoms with van der Waals surface area (Å²) in [5.41, 5.74) is 8.37. The van der Waals surface area contributed by atoms with Crippen LogP contribution in [-0.4, -0.2) is 29.4 Å². The van der Waals surface area contributed by atoms with E-state index in [1.807, 2.05) is 6.07 Å². The van der Waals surface area contributed by atoms with Crippen LogP contribution in [0.4, 0.5) is 0 Å². The standard InChI is InChI=1S/C21H18N4O/c1-2-15-10-22-20-16(13-3-4-17-14(9-13)6-8-26-17)11-23-21(18(15)20)19-12(1)5-7-24-25-19/h1-5,7,9-10,16,20,22-23H,6,8,11H2. The topological polar surface area (TPSA) is 59.1 Å². The van der Waals surface area contributed by atoms with Crippen LogP contribution in [0.5, 0.6) is 5.75 Å². The van der Waals surface area contributed by atoms with Crippen LogP contribution < -0.4 is 15.4 Å². The number of nitrogens with zero attached hydrogens (tertiary/aromatic N) is 2. The van der Waals surface area contributed by atoms with Gasteiger partial charge in [0.15, 0.2) is 0 Å². The van der Waals surface area contributed by atoms with E-state index in [1.165, 1.54) is 22.3 Å². The lowest BCUT2D eigenvalue weighted by Crippen LogP contribution is -2.41. The molecule has 4 heterocycles. The van der Waals surface area contributed by atoms with Crippen molar-refractivity contribution in [1.29, 1.82) is 0 Å². The molecule has 0 radical (unpaired) electrons. The van der Waals surface area contributed by atoms with Crippen LogP contribution in [-0.2, 0) is 6.42 Å². The number of allylic oxidation sites excluding steroid dienone is 1. The molecule has 0 saturated heterocycles. The van der Waals surface area contributed by atoms with Crippen molar-refractivity contribution >= 4 is 11.8 Å². The van der Waals surface area contributed by atoms with Gasteiger partial charge in [-0.25, -0.2) is 0 Å². The van der Waals surface area contributed by atoms with Gasteiger partial charge in [-0.05, 0) is 28.8 Å². The maximum absolute atomic E-state index is 5.67. The van der Waals surface area contributed by atoms with E-state index >= 15 is 0 Å². The molecule has 0 fully saturated rings. The van der Waals surface area contributed by atoms with Crippen LogP contribution in [0.2, 0.25) is 0 Å². The minimum absolute atomic E-state index is 0.249. The van der Waals surface area contributed by atoms with E-state index in [0.717, 1.165) is 42.3 Å². The number of nitrogens with one attached hydrogen (secondary N) is 2. The molecule has 0 saturated carbocycles. The van der Waals surface area contributed by atoms with Gasteiger partial charge in [-0.1, -0.05) is 24.3 Å². The van der Waals surface area contributed by atoms with E-state index < -0.39 is 0 Å². The Labute approximate surface area is 151 Å². The van der Waals surface area contributed by atoms with Crippen molar-refractivity contribution in [1.82, 2.24) is 20.8 Å². The van der Waals surface area contributed by atoms with Crippen molar-refractivity contribution < 1.29 is 4.74 Å². The predicted octanol–water partition coefficient (Wildman–Crippen LogP) is 2.39. The van der Waals surface area contributed by atoms with Crippen LogP contribution in [0.25, 0.3) is 11.8 Å². The number of benzene rings is 1. The quantitative estimate of drug-likeness (QED) is 0.833. The van der Waals surface area contributed by atoms with E-state index in [-0.39, 0.29) is 6.04 Å². The first-order chi connectivity index (χ1) is 12.9. The van der Waals surface area contributed by atoms with Crippen LogP contribution in [0, 0.1) is 0 Å². The van der Waals surface area contributed by atoms with Crippen molar-refractivity contribution in [3.8, 4) is 5.75 Å². The molecule has 128 valence electrons. The zero-order valence-corrected chi connectivity index (χ0v) is 14.2. The zero-order valence-electron chi connectivity index (χ0n) is 14.2. The summed E-state index contributed by atoms with van der Waals surface area (Å²) in [5, 5.41) is 15.8. The number of hydrogen-bond acceptors (Lipinski definition) is 5. The van der Waals surface area contributed by atoms with Crippen LogP contribution in [0.15, 0.2) is 53.9 Å². The molecular formula is C21H18N4O. The minimum atomic E-state index is 0.249. The summed E-state index contributed by atoms with van der Waals surface area (Å²) >= 11 is 0. The Hall–Kier alpha value is -3.08. The Kier molecular flexibility index (Phi) is 2.83. The lowest BCUT2D eigenvalue weighted by molar-refractivity contribution is 0.356. The largest absolute Gasteiger partial charge is 0.493 e. The third-order valence-electron chi connectivity index (χ3n) is 5.78. The van der Waals surface area contributed by atoms with E-state index in [9.17, 15) is 0 Å². The molecule has 2 aromatic rings. The van der Waals surface area contributed by atoms with Gasteiger partial charge >= 0.3 is 0 Å². The van der Waals surface area contributed by atoms with Gasteiger partial charge in [0.25, 0.3) is 0 Å². The van der Waals surface area contributed by atoms with Crippen molar-refractivity contribution in [3.63, 3.8) is 0 Å². The van der Waals surface area contributed by atoms with Gasteiger partial charge in [-0.3, -0.25) is 0 Å². The molecule has 2 atom stereocenters. The lowest BCUT2D eigenvalue weighted by Gasteiger charge is -2.34. The van der Waals surface area contributed by atoms with E-state index in [4.69, 9.17) is 4.74 Å². The highest BCUT2D eigenvalue weighted by molar-refractivity contribution is 5.83. The van der Waals surface area contributed by atoms with E-state index in [2.05, 4.69) is 57.4 Å². The van der Waals surface area contributed by atoms with E-state index in [1.54, 1.807) is 6.20 Å². The number of fused-ring (bicyclic) bond motifs is 3. The van der Waals surface area contributed by atoms with E-state index in [0.29, 0.717) is 5.92 Å². The highest BCUT2D eigenvalue weighted by atomic mass is 16.5. The molecule has 6 rings (SSSR count). The summed E-state index contributed by atoms with van der Waals surface area (Å²) in [6.45, 7) is 1.66. The molecule has 2 unspecified atom stereocenters. The third-order valence-corrected chi connectivity index (χ3v) is 5.78. The van der Waals surface area contributed by atoms with Crippen molar-refractivity contribution in [2.45, 2.75) is 18.4 Å². The summed E-state index contributed by atoms with van der Waals surface area (Å²) < 4.78 is 5.67. The summed E-state index contributed by atoms with van der Waals surface area (Å²) in [4.78, 5) is 0. The number of rotatable bonds is 1. The monoisotopic (exact) mass is 342 g/mol. The summed E-state index contributed by atoms with van der Waals surface area (Å²) in [6, 6.07) is 8.92.